The number of nitrogens with one attached hydrogen (secondary N) is 1. The van der Waals surface area contributed by atoms with Crippen LogP contribution in [0.15, 0.2) is 12.1 Å². The van der Waals surface area contributed by atoms with Gasteiger partial charge in [-0.2, -0.15) is 0 Å². The quantitative estimate of drug-likeness (QED) is 0.601. The first-order valence-electron chi connectivity index (χ1n) is 5.36. The van der Waals surface area contributed by atoms with Crippen molar-refractivity contribution in [3.63, 3.8) is 0 Å². The van der Waals surface area contributed by atoms with Gasteiger partial charge in [-0.15, -0.1) is 0 Å². The molecule has 0 fully saturated rings. The Bertz CT molecular complexity index is 462. The number of ether oxygens (including phenoxy) is 1. The van der Waals surface area contributed by atoms with Crippen LogP contribution in [0.4, 0.5) is 0 Å². The van der Waals surface area contributed by atoms with E-state index in [0.717, 1.165) is 0 Å². The number of hydrogen-bond donors (Lipinski definition) is 2. The summed E-state index contributed by atoms with van der Waals surface area (Å²) in [5, 5.41) is 3.07. The molecule has 0 saturated heterocycles. The van der Waals surface area contributed by atoms with Crippen LogP contribution >= 0.6 is 23.2 Å². The van der Waals surface area contributed by atoms with Crippen molar-refractivity contribution in [2.75, 3.05) is 7.05 Å². The topological polar surface area (TPSA) is 94.3 Å². The molecule has 0 aromatic carbocycles. The number of rotatable bonds is 6. The molecule has 0 aliphatic rings. The van der Waals surface area contributed by atoms with Gasteiger partial charge in [0.25, 0.3) is 0 Å². The highest BCUT2D eigenvalue weighted by atomic mass is 35.5. The van der Waals surface area contributed by atoms with Crippen LogP contribution in [-0.4, -0.2) is 29.9 Å². The number of pyridine rings is 1. The van der Waals surface area contributed by atoms with E-state index in [-0.39, 0.29) is 23.3 Å². The molecule has 1 amide bonds. The predicted molar refractivity (Wildman–Crippen MR) is 70.7 cm³/mol. The van der Waals surface area contributed by atoms with Gasteiger partial charge in [0.15, 0.2) is 0 Å². The average molecular weight is 306 g/mol. The lowest BCUT2D eigenvalue weighted by Crippen LogP contribution is -2.39. The second-order valence-corrected chi connectivity index (χ2v) is 4.51. The van der Waals surface area contributed by atoms with E-state index in [1.54, 1.807) is 0 Å². The van der Waals surface area contributed by atoms with Gasteiger partial charge < -0.3 is 15.8 Å². The highest BCUT2D eigenvalue weighted by molar-refractivity contribution is 6.32. The number of amides is 1. The van der Waals surface area contributed by atoms with Crippen molar-refractivity contribution in [3.8, 4) is 0 Å². The lowest BCUT2D eigenvalue weighted by atomic mass is 10.2. The third kappa shape index (κ3) is 5.42. The number of hydrogen-bond acceptors (Lipinski definition) is 5. The first-order valence-corrected chi connectivity index (χ1v) is 6.12. The summed E-state index contributed by atoms with van der Waals surface area (Å²) in [6.07, 6.45) is -0.132. The van der Waals surface area contributed by atoms with Gasteiger partial charge in [-0.05, 0) is 24.7 Å². The molecule has 0 saturated carbocycles. The summed E-state index contributed by atoms with van der Waals surface area (Å²) in [5.41, 5.74) is 5.63. The molecule has 0 spiro atoms. The Labute approximate surface area is 120 Å². The second kappa shape index (κ2) is 7.28. The summed E-state index contributed by atoms with van der Waals surface area (Å²) in [4.78, 5) is 26.2. The standard InChI is InChI=1S/C11H13Cl2N3O3/c1-15-7(4-10(14)17)11(18)19-5-6-2-8(12)16-9(13)3-6/h2-3,7,15H,4-5H2,1H3,(H2,14,17)/t7-/m0/s1. The third-order valence-electron chi connectivity index (χ3n) is 2.24. The Kier molecular flexibility index (Phi) is 6.01. The highest BCUT2D eigenvalue weighted by Gasteiger charge is 2.20. The van der Waals surface area contributed by atoms with E-state index < -0.39 is 17.9 Å². The summed E-state index contributed by atoms with van der Waals surface area (Å²) in [6, 6.07) is 2.29. The molecule has 0 bridgehead atoms. The van der Waals surface area contributed by atoms with E-state index in [2.05, 4.69) is 10.3 Å². The first-order chi connectivity index (χ1) is 8.92. The van der Waals surface area contributed by atoms with Crippen LogP contribution in [-0.2, 0) is 20.9 Å². The smallest absolute Gasteiger partial charge is 0.323 e. The van der Waals surface area contributed by atoms with Crippen LogP contribution in [0.3, 0.4) is 0 Å². The van der Waals surface area contributed by atoms with Gasteiger partial charge in [-0.3, -0.25) is 9.59 Å². The van der Waals surface area contributed by atoms with E-state index in [0.29, 0.717) is 5.56 Å². The molecule has 19 heavy (non-hydrogen) atoms. The van der Waals surface area contributed by atoms with Crippen LogP contribution in [0.2, 0.25) is 10.3 Å². The van der Waals surface area contributed by atoms with E-state index in [1.165, 1.54) is 19.2 Å². The van der Waals surface area contributed by atoms with Crippen molar-refractivity contribution >= 4 is 35.1 Å². The number of carbonyl (C=O) groups excluding carboxylic acids is 2. The predicted octanol–water partition coefficient (Wildman–Crippen LogP) is 0.895. The van der Waals surface area contributed by atoms with Crippen molar-refractivity contribution in [1.29, 1.82) is 0 Å². The number of carbonyl (C=O) groups is 2. The number of halogens is 2. The second-order valence-electron chi connectivity index (χ2n) is 3.74. The molecule has 1 rings (SSSR count). The zero-order valence-electron chi connectivity index (χ0n) is 10.2. The molecule has 0 unspecified atom stereocenters. The number of primary amides is 1. The van der Waals surface area contributed by atoms with Crippen LogP contribution < -0.4 is 11.1 Å². The molecule has 1 atom stereocenters. The largest absolute Gasteiger partial charge is 0.460 e. The maximum Gasteiger partial charge on any atom is 0.323 e. The van der Waals surface area contributed by atoms with Gasteiger partial charge in [-0.1, -0.05) is 23.2 Å². The third-order valence-corrected chi connectivity index (χ3v) is 2.63. The number of likely N-dealkylation sites (N-methyl/N-ethyl adjacent to an activating group) is 1. The summed E-state index contributed by atoms with van der Waals surface area (Å²) >= 11 is 11.4. The molecule has 104 valence electrons. The molecule has 0 radical (unpaired) electrons. The van der Waals surface area contributed by atoms with Gasteiger partial charge >= 0.3 is 5.97 Å². The van der Waals surface area contributed by atoms with Gasteiger partial charge in [0, 0.05) is 0 Å². The average Bonchev–Trinajstić information content (AvgIpc) is 2.31. The maximum absolute atomic E-state index is 11.7. The zero-order valence-corrected chi connectivity index (χ0v) is 11.7. The van der Waals surface area contributed by atoms with Crippen molar-refractivity contribution < 1.29 is 14.3 Å². The van der Waals surface area contributed by atoms with Crippen molar-refractivity contribution in [2.45, 2.75) is 19.1 Å². The van der Waals surface area contributed by atoms with Crippen LogP contribution in [0.5, 0.6) is 0 Å². The zero-order chi connectivity index (χ0) is 14.4. The summed E-state index contributed by atoms with van der Waals surface area (Å²) in [6.45, 7) is -0.0161. The molecule has 1 aromatic heterocycles. The first kappa shape index (κ1) is 15.7. The molecule has 3 N–H and O–H groups in total. The monoisotopic (exact) mass is 305 g/mol. The van der Waals surface area contributed by atoms with Gasteiger partial charge in [0.05, 0.1) is 6.42 Å². The molecule has 1 aromatic rings. The number of nitrogens with zero attached hydrogens (tertiary/aromatic N) is 1. The van der Waals surface area contributed by atoms with Crippen molar-refractivity contribution in [3.05, 3.63) is 28.0 Å². The lowest BCUT2D eigenvalue weighted by molar-refractivity contribution is -0.148. The Balaban J connectivity index is 2.59. The summed E-state index contributed by atoms with van der Waals surface area (Å²) in [7, 11) is 1.54. The van der Waals surface area contributed by atoms with Crippen LogP contribution in [0.25, 0.3) is 0 Å². The maximum atomic E-state index is 11.7. The molecule has 0 aliphatic heterocycles. The van der Waals surface area contributed by atoms with Gasteiger partial charge in [-0.25, -0.2) is 4.98 Å². The van der Waals surface area contributed by atoms with Crippen LogP contribution in [0, 0.1) is 0 Å². The minimum absolute atomic E-state index is 0.0161. The Hall–Kier alpha value is -1.37. The Morgan fingerprint density at radius 1 is 1.42 bits per heavy atom. The number of nitrogens with two attached hydrogens (primary N) is 1. The SMILES string of the molecule is CN[C@@H](CC(N)=O)C(=O)OCc1cc(Cl)nc(Cl)c1. The van der Waals surface area contributed by atoms with E-state index >= 15 is 0 Å². The molecule has 0 aliphatic carbocycles. The normalized spacial score (nSPS) is 11.9. The van der Waals surface area contributed by atoms with Gasteiger partial charge in [0.1, 0.15) is 23.0 Å². The summed E-state index contributed by atoms with van der Waals surface area (Å²) < 4.78 is 5.04. The fourth-order valence-electron chi connectivity index (χ4n) is 1.36. The number of esters is 1. The lowest BCUT2D eigenvalue weighted by Gasteiger charge is -2.13. The molecule has 6 nitrogen and oxygen atoms in total. The molecule has 1 heterocycles. The number of aromatic nitrogens is 1. The van der Waals surface area contributed by atoms with Crippen molar-refractivity contribution in [1.82, 2.24) is 10.3 Å². The van der Waals surface area contributed by atoms with E-state index in [9.17, 15) is 9.59 Å². The highest BCUT2D eigenvalue weighted by Crippen LogP contribution is 2.15. The minimum Gasteiger partial charge on any atom is -0.460 e. The van der Waals surface area contributed by atoms with E-state index in [1.807, 2.05) is 0 Å². The van der Waals surface area contributed by atoms with E-state index in [4.69, 9.17) is 33.7 Å². The molecule has 8 heteroatoms. The molecular weight excluding hydrogens is 293 g/mol. The Morgan fingerprint density at radius 2 is 2.00 bits per heavy atom. The fourth-order valence-corrected chi connectivity index (χ4v) is 1.86. The minimum atomic E-state index is -0.773. The van der Waals surface area contributed by atoms with Gasteiger partial charge in [0.2, 0.25) is 5.91 Å². The molecular formula is C11H13Cl2N3O3. The summed E-state index contributed by atoms with van der Waals surface area (Å²) in [5.74, 6) is -1.17. The fraction of sp³-hybridized carbons (Fsp3) is 0.364. The Morgan fingerprint density at radius 3 is 2.47 bits per heavy atom. The van der Waals surface area contributed by atoms with Crippen molar-refractivity contribution in [2.24, 2.45) is 5.73 Å². The van der Waals surface area contributed by atoms with Crippen LogP contribution in [0.1, 0.15) is 12.0 Å².